The van der Waals surface area contributed by atoms with Crippen molar-refractivity contribution in [1.82, 2.24) is 9.97 Å². The van der Waals surface area contributed by atoms with Crippen LogP contribution in [0.4, 0.5) is 5.88 Å². The van der Waals surface area contributed by atoms with Crippen LogP contribution in [0.25, 0.3) is 63.3 Å². The van der Waals surface area contributed by atoms with Crippen LogP contribution in [0.1, 0.15) is 103 Å². The summed E-state index contributed by atoms with van der Waals surface area (Å²) in [6, 6.07) is 17.8. The van der Waals surface area contributed by atoms with Gasteiger partial charge in [0.1, 0.15) is 5.76 Å². The summed E-state index contributed by atoms with van der Waals surface area (Å²) >= 11 is 3.48. The average Bonchev–Trinajstić information content (AvgIpc) is 3.92. The number of anilines is 1. The minimum atomic E-state index is -0.110. The molecule has 0 amide bonds. The Morgan fingerprint density at radius 3 is 1.83 bits per heavy atom. The molecule has 250 valence electrons. The van der Waals surface area contributed by atoms with Crippen LogP contribution in [0, 0.1) is 0 Å². The second-order valence-corrected chi connectivity index (χ2v) is 15.2. The van der Waals surface area contributed by atoms with Gasteiger partial charge in [-0.15, -0.1) is 22.7 Å². The SMILES string of the molecule is CCCCCCCCNc1cnc(-c2cc3ccc4c5ccc6cc(-c7ncc(C(N)CCCCCCC)o7)sc6c5ccc4c3s2)o1. The van der Waals surface area contributed by atoms with Gasteiger partial charge in [-0.05, 0) is 46.5 Å². The molecular formula is C40H46N4O2S2. The fraction of sp³-hybridized carbons (Fsp3) is 0.400. The van der Waals surface area contributed by atoms with Gasteiger partial charge in [0.2, 0.25) is 17.7 Å². The number of nitrogens with two attached hydrogens (primary N) is 1. The highest BCUT2D eigenvalue weighted by molar-refractivity contribution is 7.23. The Kier molecular flexibility index (Phi) is 10.4. The van der Waals surface area contributed by atoms with Crippen molar-refractivity contribution < 1.29 is 8.83 Å². The second kappa shape index (κ2) is 15.2. The summed E-state index contributed by atoms with van der Waals surface area (Å²) in [5.41, 5.74) is 6.48. The van der Waals surface area contributed by atoms with Crippen molar-refractivity contribution in [3.8, 4) is 21.5 Å². The largest absolute Gasteiger partial charge is 0.439 e. The number of unbranched alkanes of at least 4 members (excludes halogenated alkanes) is 9. The third-order valence-corrected chi connectivity index (χ3v) is 11.8. The first-order valence-electron chi connectivity index (χ1n) is 17.9. The second-order valence-electron chi connectivity index (χ2n) is 13.0. The zero-order valence-corrected chi connectivity index (χ0v) is 29.8. The maximum absolute atomic E-state index is 6.48. The van der Waals surface area contributed by atoms with Crippen LogP contribution < -0.4 is 11.1 Å². The molecule has 3 N–H and O–H groups in total. The smallest absolute Gasteiger partial charge is 0.238 e. The molecule has 0 aliphatic heterocycles. The van der Waals surface area contributed by atoms with Gasteiger partial charge >= 0.3 is 0 Å². The number of fused-ring (bicyclic) bond motifs is 7. The van der Waals surface area contributed by atoms with Crippen LogP contribution in [-0.2, 0) is 0 Å². The molecule has 8 heteroatoms. The Labute approximate surface area is 290 Å². The summed E-state index contributed by atoms with van der Waals surface area (Å²) in [7, 11) is 0. The van der Waals surface area contributed by atoms with Crippen molar-refractivity contribution in [3.63, 3.8) is 0 Å². The Bertz CT molecular complexity index is 2120. The van der Waals surface area contributed by atoms with E-state index >= 15 is 0 Å². The lowest BCUT2D eigenvalue weighted by Gasteiger charge is -2.07. The Morgan fingerprint density at radius 1 is 0.646 bits per heavy atom. The zero-order chi connectivity index (χ0) is 32.9. The van der Waals surface area contributed by atoms with Crippen LogP contribution in [0.15, 0.2) is 69.8 Å². The Morgan fingerprint density at radius 2 is 1.19 bits per heavy atom. The number of aromatic nitrogens is 2. The normalized spacial score (nSPS) is 12.6. The zero-order valence-electron chi connectivity index (χ0n) is 28.1. The third kappa shape index (κ3) is 7.02. The van der Waals surface area contributed by atoms with Crippen LogP contribution in [0.3, 0.4) is 0 Å². The molecule has 48 heavy (non-hydrogen) atoms. The lowest BCUT2D eigenvalue weighted by atomic mass is 10.00. The standard InChI is InChI=1S/C40H46N4O2S2/c1-3-5-7-9-11-13-21-42-36-25-44-40(46-36)35-23-27-16-18-29-28-17-15-26-22-34(47-37(26)30(28)19-20-31(29)38(27)48-35)39-43-24-33(45-39)32(41)14-12-10-8-6-4-2/h15-20,22-25,32,42H,3-14,21,41H2,1-2H3. The maximum Gasteiger partial charge on any atom is 0.238 e. The molecule has 0 saturated carbocycles. The molecule has 1 unspecified atom stereocenters. The van der Waals surface area contributed by atoms with Crippen molar-refractivity contribution in [2.45, 2.75) is 96.9 Å². The number of rotatable bonds is 17. The molecule has 1 atom stereocenters. The van der Waals surface area contributed by atoms with E-state index in [1.807, 2.05) is 12.4 Å². The van der Waals surface area contributed by atoms with E-state index < -0.39 is 0 Å². The quantitative estimate of drug-likeness (QED) is 0.0736. The number of benzene rings is 3. The molecule has 0 bridgehead atoms. The van der Waals surface area contributed by atoms with Crippen LogP contribution in [-0.4, -0.2) is 16.5 Å². The Balaban J connectivity index is 1.09. The Hall–Kier alpha value is -3.72. The van der Waals surface area contributed by atoms with Gasteiger partial charge in [0.25, 0.3) is 0 Å². The van der Waals surface area contributed by atoms with Gasteiger partial charge in [-0.2, -0.15) is 0 Å². The first-order valence-corrected chi connectivity index (χ1v) is 19.5. The van der Waals surface area contributed by atoms with Gasteiger partial charge in [-0.3, -0.25) is 0 Å². The molecule has 3 aromatic carbocycles. The fourth-order valence-electron chi connectivity index (χ4n) is 6.70. The summed E-state index contributed by atoms with van der Waals surface area (Å²) < 4.78 is 14.8. The predicted molar refractivity (Wildman–Crippen MR) is 205 cm³/mol. The molecule has 0 radical (unpaired) electrons. The maximum atomic E-state index is 6.48. The number of hydrogen-bond acceptors (Lipinski definition) is 8. The molecule has 7 rings (SSSR count). The lowest BCUT2D eigenvalue weighted by Crippen LogP contribution is -2.08. The number of nitrogens with zero attached hydrogens (tertiary/aromatic N) is 2. The van der Waals surface area contributed by atoms with Crippen molar-refractivity contribution in [2.24, 2.45) is 5.73 Å². The van der Waals surface area contributed by atoms with E-state index in [1.165, 1.54) is 99.5 Å². The monoisotopic (exact) mass is 678 g/mol. The number of oxazole rings is 2. The first-order chi connectivity index (χ1) is 23.6. The fourth-order valence-corrected chi connectivity index (χ4v) is 8.94. The van der Waals surface area contributed by atoms with E-state index in [1.54, 1.807) is 22.7 Å². The highest BCUT2D eigenvalue weighted by Crippen LogP contribution is 2.43. The van der Waals surface area contributed by atoms with Crippen molar-refractivity contribution in [2.75, 3.05) is 11.9 Å². The molecule has 4 heterocycles. The highest BCUT2D eigenvalue weighted by atomic mass is 32.1. The minimum Gasteiger partial charge on any atom is -0.439 e. The summed E-state index contributed by atoms with van der Waals surface area (Å²) in [6.07, 6.45) is 18.4. The van der Waals surface area contributed by atoms with Gasteiger partial charge in [0.15, 0.2) is 0 Å². The van der Waals surface area contributed by atoms with Crippen molar-refractivity contribution in [3.05, 3.63) is 66.7 Å². The lowest BCUT2D eigenvalue weighted by molar-refractivity contribution is 0.445. The minimum absolute atomic E-state index is 0.110. The average molecular weight is 679 g/mol. The van der Waals surface area contributed by atoms with Gasteiger partial charge in [0, 0.05) is 26.7 Å². The molecule has 4 aromatic heterocycles. The first kappa shape index (κ1) is 32.8. The van der Waals surface area contributed by atoms with E-state index in [0.717, 1.165) is 47.2 Å². The number of thiophene rings is 2. The van der Waals surface area contributed by atoms with E-state index in [9.17, 15) is 0 Å². The van der Waals surface area contributed by atoms with E-state index in [0.29, 0.717) is 11.8 Å². The van der Waals surface area contributed by atoms with Crippen molar-refractivity contribution >= 4 is 70.3 Å². The van der Waals surface area contributed by atoms with Gasteiger partial charge in [-0.25, -0.2) is 9.97 Å². The van der Waals surface area contributed by atoms with Crippen LogP contribution in [0.5, 0.6) is 0 Å². The molecule has 0 spiro atoms. The van der Waals surface area contributed by atoms with Gasteiger partial charge in [0.05, 0.1) is 28.2 Å². The molecule has 0 aliphatic rings. The van der Waals surface area contributed by atoms with Crippen LogP contribution in [0.2, 0.25) is 0 Å². The summed E-state index contributed by atoms with van der Waals surface area (Å²) in [6.45, 7) is 5.41. The molecule has 7 aromatic rings. The van der Waals surface area contributed by atoms with E-state index in [-0.39, 0.29) is 6.04 Å². The summed E-state index contributed by atoms with van der Waals surface area (Å²) in [4.78, 5) is 11.3. The molecule has 0 aliphatic carbocycles. The molecule has 0 fully saturated rings. The summed E-state index contributed by atoms with van der Waals surface area (Å²) in [5, 5.41) is 10.8. The van der Waals surface area contributed by atoms with Crippen LogP contribution >= 0.6 is 22.7 Å². The van der Waals surface area contributed by atoms with Gasteiger partial charge in [-0.1, -0.05) is 114 Å². The third-order valence-electron chi connectivity index (χ3n) is 9.42. The number of nitrogens with one attached hydrogen (secondary N) is 1. The molecular weight excluding hydrogens is 633 g/mol. The highest BCUT2D eigenvalue weighted by Gasteiger charge is 2.18. The topological polar surface area (TPSA) is 90.1 Å². The van der Waals surface area contributed by atoms with Gasteiger partial charge < -0.3 is 19.9 Å². The number of hydrogen-bond donors (Lipinski definition) is 2. The molecule has 6 nitrogen and oxygen atoms in total. The van der Waals surface area contributed by atoms with E-state index in [2.05, 4.69) is 77.7 Å². The molecule has 0 saturated heterocycles. The van der Waals surface area contributed by atoms with E-state index in [4.69, 9.17) is 14.6 Å². The summed E-state index contributed by atoms with van der Waals surface area (Å²) in [5.74, 6) is 2.85. The predicted octanol–water partition coefficient (Wildman–Crippen LogP) is 12.9. The van der Waals surface area contributed by atoms with Crippen molar-refractivity contribution in [1.29, 1.82) is 0 Å².